The molecule has 22 heavy (non-hydrogen) atoms. The fourth-order valence-corrected chi connectivity index (χ4v) is 6.50. The van der Waals surface area contributed by atoms with E-state index in [4.69, 9.17) is 0 Å². The van der Waals surface area contributed by atoms with Gasteiger partial charge in [-0.2, -0.15) is 0 Å². The zero-order chi connectivity index (χ0) is 15.3. The summed E-state index contributed by atoms with van der Waals surface area (Å²) in [5.74, 6) is 2.98. The van der Waals surface area contributed by atoms with Crippen molar-refractivity contribution >= 4 is 17.2 Å². The highest BCUT2D eigenvalue weighted by Crippen LogP contribution is 2.61. The van der Waals surface area contributed by atoms with E-state index in [1.54, 1.807) is 11.3 Å². The lowest BCUT2D eigenvalue weighted by Gasteiger charge is -2.56. The molecule has 1 N–H and O–H groups in total. The van der Waals surface area contributed by atoms with Crippen LogP contribution in [0.5, 0.6) is 0 Å². The number of nitrogens with one attached hydrogen (secondary N) is 1. The molecule has 5 rings (SSSR count). The van der Waals surface area contributed by atoms with Crippen LogP contribution in [0.1, 0.15) is 68.6 Å². The van der Waals surface area contributed by atoms with Gasteiger partial charge in [-0.15, -0.1) is 11.3 Å². The van der Waals surface area contributed by atoms with Gasteiger partial charge in [-0.25, -0.2) is 4.98 Å². The van der Waals surface area contributed by atoms with Crippen LogP contribution < -0.4 is 5.32 Å². The number of nitrogens with zero attached hydrogens (tertiary/aromatic N) is 1. The number of rotatable bonds is 4. The lowest BCUT2D eigenvalue weighted by molar-refractivity contribution is -0.130. The summed E-state index contributed by atoms with van der Waals surface area (Å²) in [6, 6.07) is 0.0337. The molecule has 4 saturated carbocycles. The first-order valence-electron chi connectivity index (χ1n) is 8.73. The first-order valence-corrected chi connectivity index (χ1v) is 9.61. The number of aryl methyl sites for hydroxylation is 1. The third kappa shape index (κ3) is 2.70. The zero-order valence-electron chi connectivity index (χ0n) is 13.6. The number of amides is 1. The lowest BCUT2D eigenvalue weighted by atomic mass is 9.49. The molecule has 3 nitrogen and oxygen atoms in total. The molecule has 0 spiro atoms. The Kier molecular flexibility index (Phi) is 3.55. The Morgan fingerprint density at radius 1 is 1.32 bits per heavy atom. The maximum Gasteiger partial charge on any atom is 0.221 e. The van der Waals surface area contributed by atoms with Gasteiger partial charge in [0.15, 0.2) is 0 Å². The van der Waals surface area contributed by atoms with Crippen LogP contribution in [-0.2, 0) is 4.79 Å². The van der Waals surface area contributed by atoms with Crippen molar-refractivity contribution in [3.8, 4) is 0 Å². The number of hydrogen-bond donors (Lipinski definition) is 1. The summed E-state index contributed by atoms with van der Waals surface area (Å²) in [6.45, 7) is 4.06. The molecule has 4 aliphatic rings. The van der Waals surface area contributed by atoms with Crippen molar-refractivity contribution in [1.82, 2.24) is 10.3 Å². The number of thiazole rings is 1. The summed E-state index contributed by atoms with van der Waals surface area (Å²) in [7, 11) is 0. The Hall–Kier alpha value is -0.900. The second-order valence-corrected chi connectivity index (χ2v) is 9.24. The van der Waals surface area contributed by atoms with E-state index in [2.05, 4.69) is 15.7 Å². The average Bonchev–Trinajstić information content (AvgIpc) is 2.83. The molecule has 1 aromatic heterocycles. The number of carbonyl (C=O) groups is 1. The fourth-order valence-electron chi connectivity index (χ4n) is 5.79. The van der Waals surface area contributed by atoms with Gasteiger partial charge < -0.3 is 5.32 Å². The van der Waals surface area contributed by atoms with Crippen LogP contribution in [0.4, 0.5) is 0 Å². The molecule has 120 valence electrons. The highest BCUT2D eigenvalue weighted by molar-refractivity contribution is 7.09. The first-order chi connectivity index (χ1) is 10.5. The van der Waals surface area contributed by atoms with Crippen LogP contribution in [-0.4, -0.2) is 10.9 Å². The monoisotopic (exact) mass is 318 g/mol. The molecule has 4 bridgehead atoms. The Labute approximate surface area is 136 Å². The average molecular weight is 318 g/mol. The van der Waals surface area contributed by atoms with E-state index >= 15 is 0 Å². The molecule has 4 heteroatoms. The van der Waals surface area contributed by atoms with E-state index in [0.29, 0.717) is 5.41 Å². The maximum absolute atomic E-state index is 12.6. The maximum atomic E-state index is 12.6. The van der Waals surface area contributed by atoms with E-state index in [0.717, 1.165) is 34.9 Å². The predicted octanol–water partition coefficient (Wildman–Crippen LogP) is 4.24. The molecule has 4 fully saturated rings. The lowest BCUT2D eigenvalue weighted by Crippen LogP contribution is -2.48. The molecule has 4 aliphatic carbocycles. The molecule has 0 radical (unpaired) electrons. The van der Waals surface area contributed by atoms with Crippen LogP contribution >= 0.6 is 11.3 Å². The van der Waals surface area contributed by atoms with E-state index < -0.39 is 0 Å². The van der Waals surface area contributed by atoms with Crippen LogP contribution in [0.15, 0.2) is 5.38 Å². The normalized spacial score (nSPS) is 37.3. The molecule has 1 amide bonds. The van der Waals surface area contributed by atoms with Gasteiger partial charge in [-0.05, 0) is 75.5 Å². The van der Waals surface area contributed by atoms with Crippen molar-refractivity contribution in [1.29, 1.82) is 0 Å². The fraction of sp³-hybridized carbons (Fsp3) is 0.778. The Balaban J connectivity index is 1.40. The minimum Gasteiger partial charge on any atom is -0.348 e. The molecular weight excluding hydrogens is 292 g/mol. The van der Waals surface area contributed by atoms with Gasteiger partial charge in [0.1, 0.15) is 0 Å². The summed E-state index contributed by atoms with van der Waals surface area (Å²) >= 11 is 1.65. The molecule has 0 aromatic carbocycles. The van der Waals surface area contributed by atoms with E-state index in [1.807, 2.05) is 13.8 Å². The highest BCUT2D eigenvalue weighted by Gasteiger charge is 2.51. The minimum atomic E-state index is 0.0337. The van der Waals surface area contributed by atoms with Crippen molar-refractivity contribution in [2.45, 2.75) is 64.8 Å². The van der Waals surface area contributed by atoms with Crippen LogP contribution in [0.25, 0.3) is 0 Å². The molecule has 1 heterocycles. The van der Waals surface area contributed by atoms with Crippen molar-refractivity contribution in [3.05, 3.63) is 16.1 Å². The van der Waals surface area contributed by atoms with Gasteiger partial charge in [-0.1, -0.05) is 0 Å². The number of hydrogen-bond acceptors (Lipinski definition) is 3. The van der Waals surface area contributed by atoms with Crippen molar-refractivity contribution in [2.75, 3.05) is 0 Å². The Morgan fingerprint density at radius 2 is 1.91 bits per heavy atom. The third-order valence-corrected chi connectivity index (χ3v) is 6.95. The SMILES string of the molecule is Cc1nc(C(C)NC(=O)CC23CC4CC(CC(C4)C2)C3)cs1. The summed E-state index contributed by atoms with van der Waals surface area (Å²) in [6.07, 6.45) is 8.97. The van der Waals surface area contributed by atoms with E-state index in [-0.39, 0.29) is 11.9 Å². The van der Waals surface area contributed by atoms with Gasteiger partial charge >= 0.3 is 0 Å². The molecule has 0 saturated heterocycles. The number of aromatic nitrogens is 1. The standard InChI is InChI=1S/C18H26N2OS/c1-11(16-10-22-12(2)20-16)19-17(21)9-18-6-13-3-14(7-18)5-15(4-13)8-18/h10-11,13-15H,3-9H2,1-2H3,(H,19,21). The van der Waals surface area contributed by atoms with Gasteiger partial charge in [0.25, 0.3) is 0 Å². The second kappa shape index (κ2) is 5.33. The molecule has 0 aliphatic heterocycles. The molecular formula is C18H26N2OS. The summed E-state index contributed by atoms with van der Waals surface area (Å²) in [4.78, 5) is 17.1. The summed E-state index contributed by atoms with van der Waals surface area (Å²) in [5.41, 5.74) is 1.33. The Bertz CT molecular complexity index is 544. The van der Waals surface area contributed by atoms with Crippen LogP contribution in [0.2, 0.25) is 0 Å². The minimum absolute atomic E-state index is 0.0337. The first kappa shape index (κ1) is 14.7. The van der Waals surface area contributed by atoms with Gasteiger partial charge in [-0.3, -0.25) is 4.79 Å². The third-order valence-electron chi connectivity index (χ3n) is 6.16. The van der Waals surface area contributed by atoms with Gasteiger partial charge in [0.2, 0.25) is 5.91 Å². The van der Waals surface area contributed by atoms with Crippen molar-refractivity contribution < 1.29 is 4.79 Å². The molecule has 1 aromatic rings. The Morgan fingerprint density at radius 3 is 2.41 bits per heavy atom. The van der Waals surface area contributed by atoms with E-state index in [1.165, 1.54) is 38.5 Å². The second-order valence-electron chi connectivity index (χ2n) is 8.17. The van der Waals surface area contributed by atoms with E-state index in [9.17, 15) is 4.79 Å². The van der Waals surface area contributed by atoms with Crippen molar-refractivity contribution in [2.24, 2.45) is 23.2 Å². The quantitative estimate of drug-likeness (QED) is 0.902. The summed E-state index contributed by atoms with van der Waals surface area (Å²) in [5, 5.41) is 6.32. The smallest absolute Gasteiger partial charge is 0.221 e. The molecule has 1 atom stereocenters. The highest BCUT2D eigenvalue weighted by atomic mass is 32.1. The topological polar surface area (TPSA) is 42.0 Å². The van der Waals surface area contributed by atoms with Gasteiger partial charge in [0.05, 0.1) is 16.7 Å². The van der Waals surface area contributed by atoms with Crippen LogP contribution in [0.3, 0.4) is 0 Å². The van der Waals surface area contributed by atoms with Crippen molar-refractivity contribution in [3.63, 3.8) is 0 Å². The number of carbonyl (C=O) groups excluding carboxylic acids is 1. The molecule has 1 unspecified atom stereocenters. The largest absolute Gasteiger partial charge is 0.348 e. The summed E-state index contributed by atoms with van der Waals surface area (Å²) < 4.78 is 0. The van der Waals surface area contributed by atoms with Crippen LogP contribution in [0, 0.1) is 30.1 Å². The zero-order valence-corrected chi connectivity index (χ0v) is 14.4. The predicted molar refractivity (Wildman–Crippen MR) is 88.6 cm³/mol. The van der Waals surface area contributed by atoms with Gasteiger partial charge in [0, 0.05) is 11.8 Å².